The summed E-state index contributed by atoms with van der Waals surface area (Å²) in [6.45, 7) is 6.42. The Bertz CT molecular complexity index is 2290. The number of carbonyl (C=O) groups is 6. The van der Waals surface area contributed by atoms with Gasteiger partial charge in [0, 0.05) is 18.3 Å². The van der Waals surface area contributed by atoms with E-state index in [1.807, 2.05) is 98.8 Å². The molecule has 0 saturated heterocycles. The van der Waals surface area contributed by atoms with Crippen molar-refractivity contribution in [3.63, 3.8) is 0 Å². The Balaban J connectivity index is 1.35. The molecule has 0 unspecified atom stereocenters. The van der Waals surface area contributed by atoms with Crippen molar-refractivity contribution in [3.05, 3.63) is 132 Å². The van der Waals surface area contributed by atoms with Gasteiger partial charge in [-0.1, -0.05) is 143 Å². The van der Waals surface area contributed by atoms with Crippen LogP contribution in [0.25, 0.3) is 21.5 Å². The fraction of sp³-hybridized carbons (Fsp3) is 0.319. The third kappa shape index (κ3) is 11.8. The number of nitrogens with two attached hydrogens (primary N) is 1. The molecule has 308 valence electrons. The van der Waals surface area contributed by atoms with Crippen molar-refractivity contribution in [1.82, 2.24) is 21.3 Å². The van der Waals surface area contributed by atoms with Crippen LogP contribution in [-0.4, -0.2) is 65.2 Å². The number of aliphatic hydroxyl groups excluding tert-OH is 1. The van der Waals surface area contributed by atoms with Gasteiger partial charge in [0.2, 0.25) is 29.5 Å². The van der Waals surface area contributed by atoms with Crippen LogP contribution in [0.2, 0.25) is 0 Å². The van der Waals surface area contributed by atoms with Crippen molar-refractivity contribution >= 4 is 56.9 Å². The van der Waals surface area contributed by atoms with Crippen molar-refractivity contribution < 1.29 is 33.9 Å². The molecular formula is C47H53N5O7. The molecule has 0 radical (unpaired) electrons. The zero-order chi connectivity index (χ0) is 42.6. The summed E-state index contributed by atoms with van der Waals surface area (Å²) in [7, 11) is 0. The first-order valence-corrected chi connectivity index (χ1v) is 19.9. The molecule has 5 amide bonds. The standard InChI is InChI=1S/C47H53N5O7/c1-28(2)37(24-30-18-20-32-12-8-10-16-35(32)22-30)44(56)51-40(27-53)47(59)50-39(26-41(48)54)45(57)49-38(25-31-19-21-33-13-9-11-17-36(33)23-31)46(58)52-42(43(55)29(3)4)34-14-6-5-7-15-34/h5-23,28-29,37-40,42,53H,24-27H2,1-4H3,(H2,48,54)(H,49,57)(H,50,59)(H,51,56)(H,52,58)/t37-,38+,39-,40-,42-/m0/s1. The number of hydrogen-bond acceptors (Lipinski definition) is 7. The monoisotopic (exact) mass is 799 g/mol. The van der Waals surface area contributed by atoms with E-state index in [0.29, 0.717) is 17.5 Å². The number of carbonyl (C=O) groups excluding carboxylic acids is 6. The van der Waals surface area contributed by atoms with E-state index in [4.69, 9.17) is 5.73 Å². The molecule has 0 aliphatic carbocycles. The van der Waals surface area contributed by atoms with Gasteiger partial charge in [-0.25, -0.2) is 0 Å². The lowest BCUT2D eigenvalue weighted by Gasteiger charge is -2.27. The first-order chi connectivity index (χ1) is 28.2. The summed E-state index contributed by atoms with van der Waals surface area (Å²) in [4.78, 5) is 81.2. The normalized spacial score (nSPS) is 13.9. The molecule has 0 saturated carbocycles. The molecule has 0 fully saturated rings. The first-order valence-electron chi connectivity index (χ1n) is 19.9. The molecular weight excluding hydrogens is 747 g/mol. The van der Waals surface area contributed by atoms with Gasteiger partial charge in [0.05, 0.1) is 13.0 Å². The van der Waals surface area contributed by atoms with E-state index in [1.54, 1.807) is 44.2 Å². The third-order valence-electron chi connectivity index (χ3n) is 10.4. The summed E-state index contributed by atoms with van der Waals surface area (Å²) in [5.74, 6) is -5.31. The average molecular weight is 800 g/mol. The number of hydrogen-bond donors (Lipinski definition) is 6. The topological polar surface area (TPSA) is 197 Å². The molecule has 12 heteroatoms. The fourth-order valence-corrected chi connectivity index (χ4v) is 7.03. The number of rotatable bonds is 19. The molecule has 0 heterocycles. The van der Waals surface area contributed by atoms with Gasteiger partial charge >= 0.3 is 0 Å². The first kappa shape index (κ1) is 43.7. The number of Topliss-reactive ketones (excluding diaryl/α,β-unsaturated/α-hetero) is 1. The summed E-state index contributed by atoms with van der Waals surface area (Å²) < 4.78 is 0. The number of amides is 5. The number of fused-ring (bicyclic) bond motifs is 2. The minimum absolute atomic E-state index is 0.0137. The van der Waals surface area contributed by atoms with Gasteiger partial charge in [-0.05, 0) is 50.6 Å². The lowest BCUT2D eigenvalue weighted by molar-refractivity contribution is -0.136. The van der Waals surface area contributed by atoms with Crippen molar-refractivity contribution in [2.24, 2.45) is 23.5 Å². The van der Waals surface area contributed by atoms with Crippen molar-refractivity contribution in [3.8, 4) is 0 Å². The van der Waals surface area contributed by atoms with E-state index in [0.717, 1.165) is 27.1 Å². The molecule has 5 atom stereocenters. The predicted molar refractivity (Wildman–Crippen MR) is 227 cm³/mol. The van der Waals surface area contributed by atoms with Crippen LogP contribution in [-0.2, 0) is 41.6 Å². The molecule has 0 aliphatic rings. The molecule has 0 spiro atoms. The Kier molecular flexibility index (Phi) is 15.1. The van der Waals surface area contributed by atoms with Gasteiger partial charge in [0.15, 0.2) is 5.78 Å². The maximum atomic E-state index is 14.2. The van der Waals surface area contributed by atoms with Crippen LogP contribution in [0.1, 0.15) is 56.8 Å². The predicted octanol–water partition coefficient (Wildman–Crippen LogP) is 4.46. The summed E-state index contributed by atoms with van der Waals surface area (Å²) in [6, 6.07) is 30.5. The Morgan fingerprint density at radius 3 is 1.54 bits per heavy atom. The second-order valence-corrected chi connectivity index (χ2v) is 15.6. The van der Waals surface area contributed by atoms with E-state index >= 15 is 0 Å². The van der Waals surface area contributed by atoms with Gasteiger partial charge in [-0.2, -0.15) is 0 Å². The Hall–Kier alpha value is -6.40. The highest BCUT2D eigenvalue weighted by molar-refractivity contribution is 5.98. The summed E-state index contributed by atoms with van der Waals surface area (Å²) >= 11 is 0. The molecule has 5 aromatic carbocycles. The summed E-state index contributed by atoms with van der Waals surface area (Å²) in [5.41, 5.74) is 7.70. The third-order valence-corrected chi connectivity index (χ3v) is 10.4. The minimum Gasteiger partial charge on any atom is -0.394 e. The molecule has 0 aliphatic heterocycles. The van der Waals surface area contributed by atoms with Crippen molar-refractivity contribution in [1.29, 1.82) is 0 Å². The number of nitrogens with one attached hydrogen (secondary N) is 4. The number of ketones is 1. The van der Waals surface area contributed by atoms with E-state index in [9.17, 15) is 33.9 Å². The highest BCUT2D eigenvalue weighted by atomic mass is 16.3. The van der Waals surface area contributed by atoms with Crippen LogP contribution in [0.15, 0.2) is 115 Å². The number of aliphatic hydroxyl groups is 1. The van der Waals surface area contributed by atoms with E-state index in [-0.39, 0.29) is 18.1 Å². The van der Waals surface area contributed by atoms with Crippen molar-refractivity contribution in [2.45, 2.75) is 71.1 Å². The zero-order valence-corrected chi connectivity index (χ0v) is 33.8. The van der Waals surface area contributed by atoms with Gasteiger partial charge in [-0.3, -0.25) is 28.8 Å². The molecule has 5 rings (SSSR count). The maximum Gasteiger partial charge on any atom is 0.245 e. The molecule has 0 aromatic heterocycles. The van der Waals surface area contributed by atoms with Crippen LogP contribution in [0.5, 0.6) is 0 Å². The van der Waals surface area contributed by atoms with Gasteiger partial charge in [0.25, 0.3) is 0 Å². The molecule has 59 heavy (non-hydrogen) atoms. The van der Waals surface area contributed by atoms with Crippen LogP contribution >= 0.6 is 0 Å². The highest BCUT2D eigenvalue weighted by Crippen LogP contribution is 2.23. The smallest absolute Gasteiger partial charge is 0.245 e. The lowest BCUT2D eigenvalue weighted by atomic mass is 9.87. The second kappa shape index (κ2) is 20.3. The molecule has 5 aromatic rings. The fourth-order valence-electron chi connectivity index (χ4n) is 7.03. The lowest BCUT2D eigenvalue weighted by Crippen LogP contribution is -2.59. The van der Waals surface area contributed by atoms with Crippen LogP contribution in [0.3, 0.4) is 0 Å². The van der Waals surface area contributed by atoms with Crippen LogP contribution in [0.4, 0.5) is 0 Å². The highest BCUT2D eigenvalue weighted by Gasteiger charge is 2.34. The molecule has 7 N–H and O–H groups in total. The minimum atomic E-state index is -1.58. The van der Waals surface area contributed by atoms with Crippen molar-refractivity contribution in [2.75, 3.05) is 6.61 Å². The van der Waals surface area contributed by atoms with E-state index < -0.39 is 78.6 Å². The van der Waals surface area contributed by atoms with E-state index in [2.05, 4.69) is 21.3 Å². The quantitative estimate of drug-likeness (QED) is 0.0710. The van der Waals surface area contributed by atoms with Gasteiger partial charge in [-0.15, -0.1) is 0 Å². The second-order valence-electron chi connectivity index (χ2n) is 15.6. The Labute approximate surface area is 344 Å². The Morgan fingerprint density at radius 2 is 1.02 bits per heavy atom. The van der Waals surface area contributed by atoms with Crippen LogP contribution < -0.4 is 27.0 Å². The maximum absolute atomic E-state index is 14.2. The van der Waals surface area contributed by atoms with E-state index in [1.165, 1.54) is 0 Å². The number of primary amides is 1. The van der Waals surface area contributed by atoms with Gasteiger partial charge < -0.3 is 32.1 Å². The average Bonchev–Trinajstić information content (AvgIpc) is 3.22. The zero-order valence-electron chi connectivity index (χ0n) is 33.8. The number of benzene rings is 5. The van der Waals surface area contributed by atoms with Gasteiger partial charge in [0.1, 0.15) is 24.2 Å². The summed E-state index contributed by atoms with van der Waals surface area (Å²) in [5, 5.41) is 24.8. The SMILES string of the molecule is CC(C)C(=O)[C@@H](NC(=O)[C@@H](Cc1ccc2ccccc2c1)NC(=O)[C@H](CC(N)=O)NC(=O)[C@H](CO)NC(=O)[C@@H](Cc1ccc2ccccc2c1)C(C)C)c1ccccc1. The largest absolute Gasteiger partial charge is 0.394 e. The Morgan fingerprint density at radius 1 is 0.542 bits per heavy atom. The summed E-state index contributed by atoms with van der Waals surface area (Å²) in [6.07, 6.45) is -0.293. The molecule has 0 bridgehead atoms. The van der Waals surface area contributed by atoms with Crippen LogP contribution in [0, 0.1) is 17.8 Å². The molecule has 12 nitrogen and oxygen atoms in total.